The van der Waals surface area contributed by atoms with Crippen molar-refractivity contribution in [2.45, 2.75) is 45.6 Å². The zero-order valence-corrected chi connectivity index (χ0v) is 15.2. The molecule has 2 aromatic heterocycles. The van der Waals surface area contributed by atoms with Gasteiger partial charge in [0, 0.05) is 36.4 Å². The highest BCUT2D eigenvalue weighted by Gasteiger charge is 2.24. The lowest BCUT2D eigenvalue weighted by Crippen LogP contribution is -2.39. The molecule has 0 saturated carbocycles. The van der Waals surface area contributed by atoms with Crippen LogP contribution >= 0.6 is 11.3 Å². The summed E-state index contributed by atoms with van der Waals surface area (Å²) in [6, 6.07) is 1.45. The second kappa shape index (κ2) is 6.55. The third-order valence-electron chi connectivity index (χ3n) is 4.98. The number of fused-ring (bicyclic) bond motifs is 1. The molecule has 0 bridgehead atoms. The van der Waals surface area contributed by atoms with E-state index in [1.54, 1.807) is 11.6 Å². The molecule has 0 radical (unpaired) electrons. The molecule has 1 aliphatic carbocycles. The van der Waals surface area contributed by atoms with Gasteiger partial charge in [0.25, 0.3) is 5.56 Å². The van der Waals surface area contributed by atoms with Crippen LogP contribution in [0.25, 0.3) is 0 Å². The Bertz CT molecular complexity index is 932. The van der Waals surface area contributed by atoms with E-state index in [-0.39, 0.29) is 22.7 Å². The van der Waals surface area contributed by atoms with Crippen LogP contribution in [-0.2, 0) is 33.5 Å². The number of aromatic nitrogens is 3. The molecule has 0 aromatic carbocycles. The quantitative estimate of drug-likeness (QED) is 0.835. The molecule has 6 nitrogen and oxygen atoms in total. The molecule has 24 heavy (non-hydrogen) atoms. The predicted octanol–water partition coefficient (Wildman–Crippen LogP) is 1.26. The molecule has 0 spiro atoms. The van der Waals surface area contributed by atoms with E-state index in [9.17, 15) is 14.4 Å². The van der Waals surface area contributed by atoms with E-state index in [4.69, 9.17) is 0 Å². The van der Waals surface area contributed by atoms with Crippen molar-refractivity contribution in [1.29, 1.82) is 0 Å². The van der Waals surface area contributed by atoms with Crippen LogP contribution in [0.2, 0.25) is 0 Å². The van der Waals surface area contributed by atoms with Crippen LogP contribution in [0.15, 0.2) is 20.4 Å². The zero-order chi connectivity index (χ0) is 17.4. The van der Waals surface area contributed by atoms with E-state index < -0.39 is 0 Å². The zero-order valence-electron chi connectivity index (χ0n) is 14.4. The van der Waals surface area contributed by atoms with Gasteiger partial charge in [0.1, 0.15) is 0 Å². The lowest BCUT2D eigenvalue weighted by molar-refractivity contribution is 0.416. The van der Waals surface area contributed by atoms with Gasteiger partial charge in [-0.25, -0.2) is 4.79 Å². The summed E-state index contributed by atoms with van der Waals surface area (Å²) in [4.78, 5) is 37.6. The Morgan fingerprint density at radius 3 is 2.67 bits per heavy atom. The first kappa shape index (κ1) is 17.0. The fourth-order valence-electron chi connectivity index (χ4n) is 3.53. The van der Waals surface area contributed by atoms with Crippen LogP contribution in [0.3, 0.4) is 0 Å². The van der Waals surface area contributed by atoms with E-state index in [2.05, 4.69) is 6.92 Å². The summed E-state index contributed by atoms with van der Waals surface area (Å²) in [7, 11) is 3.10. The topological polar surface area (TPSA) is 66.0 Å². The van der Waals surface area contributed by atoms with Crippen molar-refractivity contribution < 1.29 is 0 Å². The standard InChI is InChI=1S/C17H23N3O3S/c1-4-5-11-6-7-13-14(8-11)24-17(23)20(13)10-12-9-15(21)19(3)16(22)18(12)2/h9,11H,4-8,10H2,1-3H3. The maximum absolute atomic E-state index is 12.4. The van der Waals surface area contributed by atoms with Gasteiger partial charge in [-0.1, -0.05) is 31.1 Å². The number of rotatable bonds is 4. The molecule has 2 aromatic rings. The first-order valence-electron chi connectivity index (χ1n) is 8.39. The van der Waals surface area contributed by atoms with Crippen LogP contribution in [0.1, 0.15) is 42.5 Å². The summed E-state index contributed by atoms with van der Waals surface area (Å²) in [5.74, 6) is 0.669. The van der Waals surface area contributed by atoms with Gasteiger partial charge in [0.15, 0.2) is 0 Å². The van der Waals surface area contributed by atoms with Crippen molar-refractivity contribution in [2.75, 3.05) is 0 Å². The highest BCUT2D eigenvalue weighted by Crippen LogP contribution is 2.30. The van der Waals surface area contributed by atoms with Gasteiger partial charge in [-0.3, -0.25) is 23.3 Å². The lowest BCUT2D eigenvalue weighted by atomic mass is 9.88. The molecular formula is C17H23N3O3S. The van der Waals surface area contributed by atoms with Crippen molar-refractivity contribution in [1.82, 2.24) is 13.7 Å². The first-order valence-corrected chi connectivity index (χ1v) is 9.21. The van der Waals surface area contributed by atoms with E-state index in [0.29, 0.717) is 11.6 Å². The molecule has 3 rings (SSSR count). The molecule has 0 N–H and O–H groups in total. The molecular weight excluding hydrogens is 326 g/mol. The number of hydrogen-bond donors (Lipinski definition) is 0. The second-order valence-electron chi connectivity index (χ2n) is 6.60. The average Bonchev–Trinajstić information content (AvgIpc) is 2.86. The van der Waals surface area contributed by atoms with Crippen molar-refractivity contribution in [3.63, 3.8) is 0 Å². The Kier molecular flexibility index (Phi) is 4.62. The van der Waals surface area contributed by atoms with Crippen LogP contribution < -0.4 is 16.1 Å². The van der Waals surface area contributed by atoms with Crippen LogP contribution in [-0.4, -0.2) is 13.7 Å². The van der Waals surface area contributed by atoms with Crippen molar-refractivity contribution >= 4 is 11.3 Å². The SMILES string of the molecule is CCCC1CCc2c(sc(=O)n2Cc2cc(=O)n(C)c(=O)n2C)C1. The van der Waals surface area contributed by atoms with Gasteiger partial charge in [-0.05, 0) is 25.2 Å². The average molecular weight is 349 g/mol. The first-order chi connectivity index (χ1) is 11.4. The third kappa shape index (κ3) is 2.92. The summed E-state index contributed by atoms with van der Waals surface area (Å²) in [6.45, 7) is 2.48. The van der Waals surface area contributed by atoms with Crippen molar-refractivity contribution in [2.24, 2.45) is 20.0 Å². The highest BCUT2D eigenvalue weighted by molar-refractivity contribution is 7.09. The van der Waals surface area contributed by atoms with Crippen molar-refractivity contribution in [3.05, 3.63) is 52.8 Å². The molecule has 0 aliphatic heterocycles. The predicted molar refractivity (Wildman–Crippen MR) is 95.0 cm³/mol. The molecule has 0 saturated heterocycles. The number of hydrogen-bond acceptors (Lipinski definition) is 4. The van der Waals surface area contributed by atoms with Gasteiger partial charge >= 0.3 is 10.6 Å². The lowest BCUT2D eigenvalue weighted by Gasteiger charge is -2.22. The molecule has 1 atom stereocenters. The summed E-state index contributed by atoms with van der Waals surface area (Å²) in [6.07, 6.45) is 5.36. The summed E-state index contributed by atoms with van der Waals surface area (Å²) in [5, 5.41) is 0. The molecule has 0 amide bonds. The van der Waals surface area contributed by atoms with E-state index in [1.807, 2.05) is 0 Å². The molecule has 1 aliphatic rings. The van der Waals surface area contributed by atoms with E-state index in [1.165, 1.54) is 46.7 Å². The molecule has 1 unspecified atom stereocenters. The van der Waals surface area contributed by atoms with E-state index >= 15 is 0 Å². The Balaban J connectivity index is 1.98. The van der Waals surface area contributed by atoms with Crippen LogP contribution in [0.5, 0.6) is 0 Å². The minimum atomic E-state index is -0.363. The van der Waals surface area contributed by atoms with Gasteiger partial charge in [0.2, 0.25) is 0 Å². The van der Waals surface area contributed by atoms with E-state index in [0.717, 1.165) is 29.5 Å². The monoisotopic (exact) mass is 349 g/mol. The fourth-order valence-corrected chi connectivity index (χ4v) is 4.67. The van der Waals surface area contributed by atoms with Gasteiger partial charge in [0.05, 0.1) is 6.54 Å². The second-order valence-corrected chi connectivity index (χ2v) is 7.64. The summed E-state index contributed by atoms with van der Waals surface area (Å²) < 4.78 is 4.27. The fraction of sp³-hybridized carbons (Fsp3) is 0.588. The Hall–Kier alpha value is -1.89. The van der Waals surface area contributed by atoms with Crippen LogP contribution in [0, 0.1) is 5.92 Å². The number of thiazole rings is 1. The van der Waals surface area contributed by atoms with Gasteiger partial charge < -0.3 is 0 Å². The molecule has 7 heteroatoms. The maximum Gasteiger partial charge on any atom is 0.330 e. The Morgan fingerprint density at radius 1 is 1.21 bits per heavy atom. The smallest absolute Gasteiger partial charge is 0.299 e. The highest BCUT2D eigenvalue weighted by atomic mass is 32.1. The largest absolute Gasteiger partial charge is 0.330 e. The summed E-state index contributed by atoms with van der Waals surface area (Å²) >= 11 is 1.32. The Labute approximate surface area is 144 Å². The van der Waals surface area contributed by atoms with Gasteiger partial charge in [-0.15, -0.1) is 0 Å². The van der Waals surface area contributed by atoms with Crippen molar-refractivity contribution in [3.8, 4) is 0 Å². The molecule has 130 valence electrons. The maximum atomic E-state index is 12.4. The minimum absolute atomic E-state index is 0.00488. The molecule has 2 heterocycles. The Morgan fingerprint density at radius 2 is 1.96 bits per heavy atom. The van der Waals surface area contributed by atoms with Crippen LogP contribution in [0.4, 0.5) is 0 Å². The molecule has 0 fully saturated rings. The summed E-state index contributed by atoms with van der Waals surface area (Å²) in [5.41, 5.74) is 0.956. The normalized spacial score (nSPS) is 17.0. The number of nitrogens with zero attached hydrogens (tertiary/aromatic N) is 3. The van der Waals surface area contributed by atoms with Gasteiger partial charge in [-0.2, -0.15) is 0 Å². The minimum Gasteiger partial charge on any atom is -0.299 e. The third-order valence-corrected chi connectivity index (χ3v) is 6.03.